The van der Waals surface area contributed by atoms with Crippen LogP contribution in [0.15, 0.2) is 29.0 Å². The Balaban J connectivity index is 2.33. The highest BCUT2D eigenvalue weighted by Gasteiger charge is 2.10. The molecule has 0 spiro atoms. The summed E-state index contributed by atoms with van der Waals surface area (Å²) in [7, 11) is 1.87. The van der Waals surface area contributed by atoms with Crippen molar-refractivity contribution in [3.8, 4) is 0 Å². The van der Waals surface area contributed by atoms with Gasteiger partial charge in [0.25, 0.3) is 0 Å². The SMILES string of the molecule is CNCC(CO)c1ccc2ncoc2c1. The van der Waals surface area contributed by atoms with Crippen molar-refractivity contribution < 1.29 is 9.52 Å². The summed E-state index contributed by atoms with van der Waals surface area (Å²) in [5, 5.41) is 12.3. The van der Waals surface area contributed by atoms with Gasteiger partial charge in [0.15, 0.2) is 12.0 Å². The summed E-state index contributed by atoms with van der Waals surface area (Å²) in [4.78, 5) is 4.05. The first-order chi connectivity index (χ1) is 7.35. The second-order valence-corrected chi connectivity index (χ2v) is 3.52. The van der Waals surface area contributed by atoms with Crippen molar-refractivity contribution in [1.82, 2.24) is 10.3 Å². The van der Waals surface area contributed by atoms with Gasteiger partial charge in [-0.3, -0.25) is 0 Å². The molecule has 1 unspecified atom stereocenters. The number of aliphatic hydroxyl groups excluding tert-OH is 1. The van der Waals surface area contributed by atoms with E-state index in [0.717, 1.165) is 23.2 Å². The van der Waals surface area contributed by atoms with E-state index in [-0.39, 0.29) is 12.5 Å². The van der Waals surface area contributed by atoms with E-state index in [1.54, 1.807) is 0 Å². The van der Waals surface area contributed by atoms with Gasteiger partial charge in [-0.2, -0.15) is 0 Å². The number of nitrogens with zero attached hydrogens (tertiary/aromatic N) is 1. The molecule has 4 heteroatoms. The number of fused-ring (bicyclic) bond motifs is 1. The van der Waals surface area contributed by atoms with E-state index < -0.39 is 0 Å². The highest BCUT2D eigenvalue weighted by molar-refractivity contribution is 5.72. The topological polar surface area (TPSA) is 58.3 Å². The van der Waals surface area contributed by atoms with Crippen molar-refractivity contribution in [3.63, 3.8) is 0 Å². The second-order valence-electron chi connectivity index (χ2n) is 3.52. The van der Waals surface area contributed by atoms with E-state index in [1.165, 1.54) is 6.39 Å². The van der Waals surface area contributed by atoms with Crippen molar-refractivity contribution in [3.05, 3.63) is 30.2 Å². The lowest BCUT2D eigenvalue weighted by molar-refractivity contribution is 0.263. The highest BCUT2D eigenvalue weighted by Crippen LogP contribution is 2.20. The van der Waals surface area contributed by atoms with Crippen LogP contribution in [-0.4, -0.2) is 30.3 Å². The molecule has 0 bridgehead atoms. The van der Waals surface area contributed by atoms with E-state index >= 15 is 0 Å². The number of benzene rings is 1. The van der Waals surface area contributed by atoms with E-state index in [9.17, 15) is 5.11 Å². The Kier molecular flexibility index (Phi) is 2.99. The van der Waals surface area contributed by atoms with Crippen LogP contribution in [-0.2, 0) is 0 Å². The lowest BCUT2D eigenvalue weighted by Gasteiger charge is -2.13. The van der Waals surface area contributed by atoms with E-state index in [4.69, 9.17) is 4.42 Å². The zero-order valence-corrected chi connectivity index (χ0v) is 8.60. The van der Waals surface area contributed by atoms with Gasteiger partial charge in [-0.15, -0.1) is 0 Å². The molecule has 0 radical (unpaired) electrons. The van der Waals surface area contributed by atoms with Crippen molar-refractivity contribution in [2.45, 2.75) is 5.92 Å². The molecule has 0 aliphatic rings. The minimum atomic E-state index is 0.101. The summed E-state index contributed by atoms with van der Waals surface area (Å²) in [6, 6.07) is 5.82. The molecular formula is C11H14N2O2. The van der Waals surface area contributed by atoms with Gasteiger partial charge in [0.05, 0.1) is 6.61 Å². The molecule has 1 aromatic carbocycles. The fourth-order valence-corrected chi connectivity index (χ4v) is 1.66. The largest absolute Gasteiger partial charge is 0.443 e. The molecule has 0 fully saturated rings. The Morgan fingerprint density at radius 1 is 1.53 bits per heavy atom. The van der Waals surface area contributed by atoms with Crippen molar-refractivity contribution >= 4 is 11.1 Å². The van der Waals surface area contributed by atoms with E-state index in [0.29, 0.717) is 0 Å². The molecular weight excluding hydrogens is 192 g/mol. The number of hydrogen-bond donors (Lipinski definition) is 2. The van der Waals surface area contributed by atoms with Crippen molar-refractivity contribution in [2.75, 3.05) is 20.2 Å². The normalized spacial score (nSPS) is 13.2. The van der Waals surface area contributed by atoms with Crippen LogP contribution < -0.4 is 5.32 Å². The number of oxazole rings is 1. The highest BCUT2D eigenvalue weighted by atomic mass is 16.3. The summed E-state index contributed by atoms with van der Waals surface area (Å²) in [6.45, 7) is 0.872. The molecule has 0 saturated heterocycles. The monoisotopic (exact) mass is 206 g/mol. The number of rotatable bonds is 4. The maximum Gasteiger partial charge on any atom is 0.181 e. The first-order valence-corrected chi connectivity index (χ1v) is 4.93. The molecule has 1 aromatic heterocycles. The lowest BCUT2D eigenvalue weighted by Crippen LogP contribution is -2.19. The third-order valence-electron chi connectivity index (χ3n) is 2.50. The van der Waals surface area contributed by atoms with Gasteiger partial charge in [-0.1, -0.05) is 6.07 Å². The maximum atomic E-state index is 9.25. The Labute approximate surface area is 87.9 Å². The molecule has 80 valence electrons. The smallest absolute Gasteiger partial charge is 0.181 e. The predicted octanol–water partition coefficient (Wildman–Crippen LogP) is 1.12. The molecule has 0 saturated carbocycles. The summed E-state index contributed by atoms with van der Waals surface area (Å²) in [6.07, 6.45) is 1.43. The van der Waals surface area contributed by atoms with Crippen LogP contribution in [0.3, 0.4) is 0 Å². The molecule has 1 heterocycles. The minimum Gasteiger partial charge on any atom is -0.443 e. The van der Waals surface area contributed by atoms with E-state index in [1.807, 2.05) is 25.2 Å². The molecule has 0 amide bonds. The lowest BCUT2D eigenvalue weighted by atomic mass is 10.00. The van der Waals surface area contributed by atoms with Crippen LogP contribution in [0.5, 0.6) is 0 Å². The molecule has 0 aliphatic heterocycles. The number of likely N-dealkylation sites (N-methyl/N-ethyl adjacent to an activating group) is 1. The number of hydrogen-bond acceptors (Lipinski definition) is 4. The summed E-state index contributed by atoms with van der Waals surface area (Å²) in [5.41, 5.74) is 2.68. The quantitative estimate of drug-likeness (QED) is 0.787. The predicted molar refractivity (Wildman–Crippen MR) is 57.8 cm³/mol. The van der Waals surface area contributed by atoms with Crippen LogP contribution in [0.4, 0.5) is 0 Å². The van der Waals surface area contributed by atoms with Gasteiger partial charge < -0.3 is 14.8 Å². The first-order valence-electron chi connectivity index (χ1n) is 4.93. The van der Waals surface area contributed by atoms with Crippen molar-refractivity contribution in [1.29, 1.82) is 0 Å². The van der Waals surface area contributed by atoms with Crippen LogP contribution >= 0.6 is 0 Å². The molecule has 1 atom stereocenters. The third kappa shape index (κ3) is 2.00. The Bertz CT molecular complexity index is 439. The van der Waals surface area contributed by atoms with Crippen LogP contribution in [0, 0.1) is 0 Å². The fourth-order valence-electron chi connectivity index (χ4n) is 1.66. The first kappa shape index (κ1) is 10.1. The molecule has 4 nitrogen and oxygen atoms in total. The van der Waals surface area contributed by atoms with Gasteiger partial charge in [0.1, 0.15) is 5.52 Å². The second kappa shape index (κ2) is 4.42. The molecule has 2 aromatic rings. The summed E-state index contributed by atoms with van der Waals surface area (Å²) >= 11 is 0. The van der Waals surface area contributed by atoms with Gasteiger partial charge in [-0.05, 0) is 24.7 Å². The van der Waals surface area contributed by atoms with Gasteiger partial charge in [0, 0.05) is 12.5 Å². The number of aromatic nitrogens is 1. The minimum absolute atomic E-state index is 0.101. The average Bonchev–Trinajstić information content (AvgIpc) is 2.72. The Morgan fingerprint density at radius 3 is 3.13 bits per heavy atom. The number of nitrogens with one attached hydrogen (secondary N) is 1. The fraction of sp³-hybridized carbons (Fsp3) is 0.364. The van der Waals surface area contributed by atoms with Crippen LogP contribution in [0.25, 0.3) is 11.1 Å². The Hall–Kier alpha value is -1.39. The zero-order chi connectivity index (χ0) is 10.7. The average molecular weight is 206 g/mol. The zero-order valence-electron chi connectivity index (χ0n) is 8.60. The maximum absolute atomic E-state index is 9.25. The summed E-state index contributed by atoms with van der Waals surface area (Å²) in [5.74, 6) is 0.101. The van der Waals surface area contributed by atoms with E-state index in [2.05, 4.69) is 10.3 Å². The van der Waals surface area contributed by atoms with Crippen LogP contribution in [0.1, 0.15) is 11.5 Å². The molecule has 2 rings (SSSR count). The molecule has 2 N–H and O–H groups in total. The molecule has 0 aliphatic carbocycles. The van der Waals surface area contributed by atoms with Crippen LogP contribution in [0.2, 0.25) is 0 Å². The Morgan fingerprint density at radius 2 is 2.40 bits per heavy atom. The van der Waals surface area contributed by atoms with Gasteiger partial charge in [0.2, 0.25) is 0 Å². The van der Waals surface area contributed by atoms with Crippen molar-refractivity contribution in [2.24, 2.45) is 0 Å². The molecule has 15 heavy (non-hydrogen) atoms. The standard InChI is InChI=1S/C11H14N2O2/c1-12-5-9(6-14)8-2-3-10-11(4-8)15-7-13-10/h2-4,7,9,12,14H,5-6H2,1H3. The van der Waals surface area contributed by atoms with Gasteiger partial charge in [-0.25, -0.2) is 4.98 Å². The third-order valence-corrected chi connectivity index (χ3v) is 2.50. The summed E-state index contributed by atoms with van der Waals surface area (Å²) < 4.78 is 5.22. The van der Waals surface area contributed by atoms with Gasteiger partial charge >= 0.3 is 0 Å². The number of aliphatic hydroxyl groups is 1.